The van der Waals surface area contributed by atoms with Crippen LogP contribution in [0, 0.1) is 6.92 Å². The molecule has 0 unspecified atom stereocenters. The van der Waals surface area contributed by atoms with Crippen molar-refractivity contribution in [2.75, 3.05) is 18.6 Å². The highest BCUT2D eigenvalue weighted by atomic mass is 79.9. The number of carbonyl (C=O) groups excluding carboxylic acids is 1. The molecule has 1 heterocycles. The number of nitrogen functional groups attached to an aromatic ring is 1. The number of hydrogen-bond acceptors (Lipinski definition) is 5. The van der Waals surface area contributed by atoms with Crippen molar-refractivity contribution in [3.8, 4) is 0 Å². The summed E-state index contributed by atoms with van der Waals surface area (Å²) >= 11 is 4.94. The molecule has 0 spiro atoms. The molecule has 0 aliphatic carbocycles. The third-order valence-electron chi connectivity index (χ3n) is 2.04. The lowest BCUT2D eigenvalue weighted by molar-refractivity contribution is -0.140. The first-order valence-electron chi connectivity index (χ1n) is 4.66. The number of hydrogen-bond donors (Lipinski definition) is 1. The number of halogens is 1. The first-order valence-corrected chi connectivity index (χ1v) is 6.44. The highest BCUT2D eigenvalue weighted by Crippen LogP contribution is 2.31. The van der Waals surface area contributed by atoms with Gasteiger partial charge in [-0.05, 0) is 28.4 Å². The molecular weight excluding hydrogens is 292 g/mol. The number of nitrogens with two attached hydrogens (primary N) is 1. The van der Waals surface area contributed by atoms with Crippen molar-refractivity contribution >= 4 is 39.3 Å². The maximum atomic E-state index is 10.9. The van der Waals surface area contributed by atoms with Gasteiger partial charge in [0.1, 0.15) is 5.03 Å². The smallest absolute Gasteiger partial charge is 0.306 e. The molecule has 0 aromatic carbocycles. The summed E-state index contributed by atoms with van der Waals surface area (Å²) in [7, 11) is 1.38. The van der Waals surface area contributed by atoms with Gasteiger partial charge in [0.25, 0.3) is 0 Å². The van der Waals surface area contributed by atoms with Crippen molar-refractivity contribution in [3.05, 3.63) is 16.2 Å². The predicted octanol–water partition coefficient (Wildman–Crippen LogP) is 2.39. The zero-order chi connectivity index (χ0) is 12.1. The minimum Gasteiger partial charge on any atom is -0.469 e. The van der Waals surface area contributed by atoms with Crippen molar-refractivity contribution in [2.24, 2.45) is 0 Å². The van der Waals surface area contributed by atoms with Crippen LogP contribution in [0.1, 0.15) is 12.0 Å². The Kier molecular flexibility index (Phi) is 5.08. The van der Waals surface area contributed by atoms with Crippen molar-refractivity contribution in [1.29, 1.82) is 0 Å². The van der Waals surface area contributed by atoms with E-state index in [0.29, 0.717) is 17.9 Å². The Bertz CT molecular complexity index is 399. The van der Waals surface area contributed by atoms with E-state index in [9.17, 15) is 4.79 Å². The van der Waals surface area contributed by atoms with Crippen LogP contribution in [0.2, 0.25) is 0 Å². The molecule has 16 heavy (non-hydrogen) atoms. The number of aromatic nitrogens is 1. The minimum atomic E-state index is -0.212. The summed E-state index contributed by atoms with van der Waals surface area (Å²) in [6, 6.07) is 0. The van der Waals surface area contributed by atoms with Gasteiger partial charge in [0, 0.05) is 5.75 Å². The molecule has 0 fully saturated rings. The van der Waals surface area contributed by atoms with Gasteiger partial charge in [-0.15, -0.1) is 11.8 Å². The highest BCUT2D eigenvalue weighted by Gasteiger charge is 2.09. The molecule has 0 bridgehead atoms. The lowest BCUT2D eigenvalue weighted by Crippen LogP contribution is -2.01. The summed E-state index contributed by atoms with van der Waals surface area (Å²) in [6.45, 7) is 1.92. The quantitative estimate of drug-likeness (QED) is 0.683. The second-order valence-electron chi connectivity index (χ2n) is 3.13. The van der Waals surface area contributed by atoms with E-state index in [1.54, 1.807) is 6.20 Å². The van der Waals surface area contributed by atoms with Crippen LogP contribution in [0.3, 0.4) is 0 Å². The summed E-state index contributed by atoms with van der Waals surface area (Å²) in [4.78, 5) is 15.1. The molecule has 6 heteroatoms. The van der Waals surface area contributed by atoms with Gasteiger partial charge in [-0.3, -0.25) is 4.79 Å². The molecule has 4 nitrogen and oxygen atoms in total. The van der Waals surface area contributed by atoms with Gasteiger partial charge in [-0.25, -0.2) is 4.98 Å². The number of thioether (sulfide) groups is 1. The molecule has 1 rings (SSSR count). The van der Waals surface area contributed by atoms with Crippen LogP contribution < -0.4 is 5.73 Å². The van der Waals surface area contributed by atoms with Crippen molar-refractivity contribution < 1.29 is 9.53 Å². The number of pyridine rings is 1. The van der Waals surface area contributed by atoms with Crippen LogP contribution in [0.4, 0.5) is 5.69 Å². The maximum Gasteiger partial charge on any atom is 0.306 e. The predicted molar refractivity (Wildman–Crippen MR) is 68.4 cm³/mol. The third kappa shape index (κ3) is 3.38. The molecule has 0 radical (unpaired) electrons. The standard InChI is InChI=1S/C10H13BrN2O2S/c1-6-7(12)5-13-10(9(6)11)16-4-3-8(14)15-2/h5H,3-4,12H2,1-2H3. The van der Waals surface area contributed by atoms with E-state index in [0.717, 1.165) is 15.1 Å². The summed E-state index contributed by atoms with van der Waals surface area (Å²) in [6.07, 6.45) is 2.00. The monoisotopic (exact) mass is 304 g/mol. The van der Waals surface area contributed by atoms with Gasteiger partial charge in [-0.2, -0.15) is 0 Å². The number of methoxy groups -OCH3 is 1. The Balaban J connectivity index is 2.61. The third-order valence-corrected chi connectivity index (χ3v) is 4.27. The van der Waals surface area contributed by atoms with E-state index in [2.05, 4.69) is 25.7 Å². The molecule has 88 valence electrons. The topological polar surface area (TPSA) is 65.2 Å². The zero-order valence-corrected chi connectivity index (χ0v) is 11.5. The Hall–Kier alpha value is -0.750. The van der Waals surface area contributed by atoms with E-state index >= 15 is 0 Å². The van der Waals surface area contributed by atoms with Gasteiger partial charge in [0.05, 0.1) is 29.9 Å². The fourth-order valence-electron chi connectivity index (χ4n) is 1.00. The van der Waals surface area contributed by atoms with E-state index in [1.165, 1.54) is 18.9 Å². The highest BCUT2D eigenvalue weighted by molar-refractivity contribution is 9.10. The van der Waals surface area contributed by atoms with Crippen molar-refractivity contribution in [2.45, 2.75) is 18.4 Å². The first-order chi connectivity index (χ1) is 7.56. The molecule has 1 aromatic rings. The molecule has 0 aliphatic heterocycles. The average Bonchev–Trinajstić information content (AvgIpc) is 2.29. The number of nitrogens with zero attached hydrogens (tertiary/aromatic N) is 1. The molecule has 0 saturated heterocycles. The van der Waals surface area contributed by atoms with Crippen LogP contribution in [0.25, 0.3) is 0 Å². The fraction of sp³-hybridized carbons (Fsp3) is 0.400. The normalized spacial score (nSPS) is 10.2. The van der Waals surface area contributed by atoms with Gasteiger partial charge >= 0.3 is 5.97 Å². The lowest BCUT2D eigenvalue weighted by Gasteiger charge is -2.07. The first kappa shape index (κ1) is 13.3. The number of anilines is 1. The molecule has 0 amide bonds. The molecule has 0 saturated carbocycles. The van der Waals surface area contributed by atoms with Crippen LogP contribution in [-0.2, 0) is 9.53 Å². The Morgan fingerprint density at radius 2 is 2.38 bits per heavy atom. The maximum absolute atomic E-state index is 10.9. The lowest BCUT2D eigenvalue weighted by atomic mass is 10.3. The van der Waals surface area contributed by atoms with Crippen LogP contribution in [0.5, 0.6) is 0 Å². The van der Waals surface area contributed by atoms with Crippen LogP contribution in [-0.4, -0.2) is 23.8 Å². The van der Waals surface area contributed by atoms with Gasteiger partial charge < -0.3 is 10.5 Å². The molecule has 2 N–H and O–H groups in total. The zero-order valence-electron chi connectivity index (χ0n) is 9.12. The van der Waals surface area contributed by atoms with E-state index in [-0.39, 0.29) is 5.97 Å². The van der Waals surface area contributed by atoms with E-state index < -0.39 is 0 Å². The molecule has 0 atom stereocenters. The number of esters is 1. The Morgan fingerprint density at radius 3 is 3.00 bits per heavy atom. The summed E-state index contributed by atoms with van der Waals surface area (Å²) in [5.41, 5.74) is 7.34. The van der Waals surface area contributed by atoms with Crippen molar-refractivity contribution in [3.63, 3.8) is 0 Å². The Labute approximate surface area is 107 Å². The number of rotatable bonds is 4. The van der Waals surface area contributed by atoms with Crippen LogP contribution in [0.15, 0.2) is 15.7 Å². The fourth-order valence-corrected chi connectivity index (χ4v) is 2.55. The average molecular weight is 305 g/mol. The molecule has 1 aromatic heterocycles. The second kappa shape index (κ2) is 6.10. The number of carbonyl (C=O) groups is 1. The molecule has 0 aliphatic rings. The Morgan fingerprint density at radius 1 is 1.69 bits per heavy atom. The minimum absolute atomic E-state index is 0.212. The summed E-state index contributed by atoms with van der Waals surface area (Å²) in [5, 5.41) is 0.843. The van der Waals surface area contributed by atoms with Gasteiger partial charge in [0.2, 0.25) is 0 Å². The second-order valence-corrected chi connectivity index (χ2v) is 5.01. The van der Waals surface area contributed by atoms with Gasteiger partial charge in [-0.1, -0.05) is 0 Å². The molecular formula is C10H13BrN2O2S. The van der Waals surface area contributed by atoms with Gasteiger partial charge in [0.15, 0.2) is 0 Å². The number of ether oxygens (including phenoxy) is 1. The van der Waals surface area contributed by atoms with E-state index in [4.69, 9.17) is 5.73 Å². The SMILES string of the molecule is COC(=O)CCSc1ncc(N)c(C)c1Br. The van der Waals surface area contributed by atoms with Crippen molar-refractivity contribution in [1.82, 2.24) is 4.98 Å². The van der Waals surface area contributed by atoms with Crippen LogP contribution >= 0.6 is 27.7 Å². The summed E-state index contributed by atoms with van der Waals surface area (Å²) < 4.78 is 5.45. The van der Waals surface area contributed by atoms with E-state index in [1.807, 2.05) is 6.92 Å². The summed E-state index contributed by atoms with van der Waals surface area (Å²) in [5.74, 6) is 0.428. The largest absolute Gasteiger partial charge is 0.469 e.